The molecule has 2 aliphatic heterocycles. The number of hydrogen-bond donors (Lipinski definition) is 0. The molecule has 24 heavy (non-hydrogen) atoms. The second-order valence-corrected chi connectivity index (χ2v) is 7.35. The van der Waals surface area contributed by atoms with E-state index in [1.54, 1.807) is 4.90 Å². The topological polar surface area (TPSA) is 30.0 Å². The Morgan fingerprint density at radius 3 is 2.08 bits per heavy atom. The molecule has 0 atom stereocenters. The van der Waals surface area contributed by atoms with Crippen LogP contribution in [0.2, 0.25) is 0 Å². The van der Waals surface area contributed by atoms with E-state index in [0.717, 1.165) is 52.1 Å². The highest BCUT2D eigenvalue weighted by Crippen LogP contribution is 2.39. The third-order valence-electron chi connectivity index (χ3n) is 5.66. The number of piperazine rings is 1. The van der Waals surface area contributed by atoms with Gasteiger partial charge in [-0.2, -0.15) is 0 Å². The first-order valence-corrected chi connectivity index (χ1v) is 8.98. The van der Waals surface area contributed by atoms with E-state index in [4.69, 9.17) is 0 Å². The van der Waals surface area contributed by atoms with Gasteiger partial charge in [0.15, 0.2) is 0 Å². The van der Waals surface area contributed by atoms with Crippen molar-refractivity contribution in [3.05, 3.63) is 35.9 Å². The van der Waals surface area contributed by atoms with Gasteiger partial charge in [0.1, 0.15) is 0 Å². The summed E-state index contributed by atoms with van der Waals surface area (Å²) in [5.41, 5.74) is 1.56. The van der Waals surface area contributed by atoms with E-state index >= 15 is 0 Å². The Bertz CT molecular complexity index is 544. The summed E-state index contributed by atoms with van der Waals surface area (Å²) < 4.78 is 0. The van der Waals surface area contributed by atoms with Gasteiger partial charge in [-0.05, 0) is 38.5 Å². The summed E-state index contributed by atoms with van der Waals surface area (Å²) in [4.78, 5) is 20.9. The predicted molar refractivity (Wildman–Crippen MR) is 97.1 cm³/mol. The molecule has 2 amide bonds. The molecule has 5 nitrogen and oxygen atoms in total. The summed E-state index contributed by atoms with van der Waals surface area (Å²) in [6.07, 6.45) is 2.32. The Labute approximate surface area is 145 Å². The van der Waals surface area contributed by atoms with Crippen molar-refractivity contribution in [3.63, 3.8) is 0 Å². The molecular weight excluding hydrogens is 300 g/mol. The van der Waals surface area contributed by atoms with Crippen LogP contribution in [0, 0.1) is 0 Å². The van der Waals surface area contributed by atoms with Crippen LogP contribution in [0.4, 0.5) is 4.79 Å². The van der Waals surface area contributed by atoms with Gasteiger partial charge in [-0.1, -0.05) is 30.3 Å². The Kier molecular flexibility index (Phi) is 5.11. The number of nitrogens with zero attached hydrogens (tertiary/aromatic N) is 4. The molecule has 1 aromatic carbocycles. The summed E-state index contributed by atoms with van der Waals surface area (Å²) >= 11 is 0. The second kappa shape index (κ2) is 7.11. The minimum absolute atomic E-state index is 0.126. The Hall–Kier alpha value is -1.59. The molecule has 0 radical (unpaired) electrons. The molecule has 1 aromatic rings. The lowest BCUT2D eigenvalue weighted by atomic mass is 9.79. The molecular formula is C19H30N4O. The van der Waals surface area contributed by atoms with Gasteiger partial charge in [-0.25, -0.2) is 4.79 Å². The summed E-state index contributed by atoms with van der Waals surface area (Å²) in [7, 11) is 5.87. The van der Waals surface area contributed by atoms with E-state index in [0.29, 0.717) is 0 Å². The van der Waals surface area contributed by atoms with Crippen LogP contribution >= 0.6 is 0 Å². The standard InChI is InChI=1S/C19H30N4O/c1-20(2)18(24)22-13-15-23(16-14-22)19(9-11-21(3)12-10-19)17-7-5-4-6-8-17/h4-8H,9-16H2,1-3H3. The summed E-state index contributed by atoms with van der Waals surface area (Å²) in [6, 6.07) is 11.1. The van der Waals surface area contributed by atoms with Gasteiger partial charge >= 0.3 is 6.03 Å². The smallest absolute Gasteiger partial charge is 0.319 e. The Morgan fingerprint density at radius 2 is 1.54 bits per heavy atom. The van der Waals surface area contributed by atoms with Crippen LogP contribution in [-0.2, 0) is 5.54 Å². The Morgan fingerprint density at radius 1 is 0.958 bits per heavy atom. The van der Waals surface area contributed by atoms with Gasteiger partial charge in [-0.3, -0.25) is 4.90 Å². The van der Waals surface area contributed by atoms with Crippen molar-refractivity contribution in [1.29, 1.82) is 0 Å². The highest BCUT2D eigenvalue weighted by molar-refractivity contribution is 5.73. The van der Waals surface area contributed by atoms with E-state index < -0.39 is 0 Å². The number of benzene rings is 1. The monoisotopic (exact) mass is 330 g/mol. The number of likely N-dealkylation sites (tertiary alicyclic amines) is 1. The van der Waals surface area contributed by atoms with Crippen LogP contribution < -0.4 is 0 Å². The minimum Gasteiger partial charge on any atom is -0.331 e. The van der Waals surface area contributed by atoms with Gasteiger partial charge in [-0.15, -0.1) is 0 Å². The summed E-state index contributed by atoms with van der Waals surface area (Å²) in [5, 5.41) is 0. The first kappa shape index (κ1) is 17.2. The van der Waals surface area contributed by atoms with Crippen molar-refractivity contribution in [2.24, 2.45) is 0 Å². The van der Waals surface area contributed by atoms with Crippen LogP contribution in [0.25, 0.3) is 0 Å². The number of rotatable bonds is 2. The molecule has 2 aliphatic rings. The average molecular weight is 330 g/mol. The molecule has 5 heteroatoms. The van der Waals surface area contributed by atoms with E-state index in [1.165, 1.54) is 5.56 Å². The fourth-order valence-corrected chi connectivity index (χ4v) is 4.13. The fraction of sp³-hybridized carbons (Fsp3) is 0.632. The van der Waals surface area contributed by atoms with Crippen LogP contribution in [0.5, 0.6) is 0 Å². The third-order valence-corrected chi connectivity index (χ3v) is 5.66. The highest BCUT2D eigenvalue weighted by Gasteiger charge is 2.42. The lowest BCUT2D eigenvalue weighted by molar-refractivity contribution is -0.00464. The van der Waals surface area contributed by atoms with E-state index in [-0.39, 0.29) is 11.6 Å². The molecule has 0 aliphatic carbocycles. The summed E-state index contributed by atoms with van der Waals surface area (Å²) in [6.45, 7) is 5.82. The van der Waals surface area contributed by atoms with E-state index in [2.05, 4.69) is 47.2 Å². The summed E-state index contributed by atoms with van der Waals surface area (Å²) in [5.74, 6) is 0. The molecule has 0 N–H and O–H groups in total. The molecule has 0 aromatic heterocycles. The third kappa shape index (κ3) is 3.28. The number of carbonyl (C=O) groups is 1. The second-order valence-electron chi connectivity index (χ2n) is 7.35. The number of piperidine rings is 1. The van der Waals surface area contributed by atoms with Crippen molar-refractivity contribution in [2.45, 2.75) is 18.4 Å². The van der Waals surface area contributed by atoms with Crippen LogP contribution in [0.3, 0.4) is 0 Å². The van der Waals surface area contributed by atoms with Gasteiger partial charge in [0.2, 0.25) is 0 Å². The maximum Gasteiger partial charge on any atom is 0.319 e. The first-order chi connectivity index (χ1) is 11.5. The van der Waals surface area contributed by atoms with Crippen molar-refractivity contribution in [3.8, 4) is 0 Å². The zero-order valence-corrected chi connectivity index (χ0v) is 15.2. The van der Waals surface area contributed by atoms with Gasteiger partial charge in [0.05, 0.1) is 0 Å². The molecule has 3 rings (SSSR count). The zero-order chi connectivity index (χ0) is 17.2. The maximum absolute atomic E-state index is 12.2. The predicted octanol–water partition coefficient (Wildman–Crippen LogP) is 1.91. The van der Waals surface area contributed by atoms with Crippen molar-refractivity contribution >= 4 is 6.03 Å². The number of carbonyl (C=O) groups excluding carboxylic acids is 1. The highest BCUT2D eigenvalue weighted by atomic mass is 16.2. The van der Waals surface area contributed by atoms with Gasteiger partial charge in [0.25, 0.3) is 0 Å². The molecule has 2 saturated heterocycles. The van der Waals surface area contributed by atoms with E-state index in [1.807, 2.05) is 19.0 Å². The number of amides is 2. The van der Waals surface area contributed by atoms with Crippen LogP contribution in [-0.4, -0.2) is 86.0 Å². The maximum atomic E-state index is 12.2. The lowest BCUT2D eigenvalue weighted by Crippen LogP contribution is -2.60. The van der Waals surface area contributed by atoms with E-state index in [9.17, 15) is 4.79 Å². The number of hydrogen-bond acceptors (Lipinski definition) is 3. The molecule has 2 fully saturated rings. The molecule has 0 unspecified atom stereocenters. The average Bonchev–Trinajstić information content (AvgIpc) is 2.63. The molecule has 2 heterocycles. The zero-order valence-electron chi connectivity index (χ0n) is 15.2. The quantitative estimate of drug-likeness (QED) is 0.830. The first-order valence-electron chi connectivity index (χ1n) is 8.98. The van der Waals surface area contributed by atoms with Crippen molar-refractivity contribution in [2.75, 3.05) is 60.4 Å². The van der Waals surface area contributed by atoms with Crippen LogP contribution in [0.1, 0.15) is 18.4 Å². The normalized spacial score (nSPS) is 22.4. The molecule has 132 valence electrons. The lowest BCUT2D eigenvalue weighted by Gasteiger charge is -2.51. The Balaban J connectivity index is 1.77. The van der Waals surface area contributed by atoms with Gasteiger partial charge < -0.3 is 14.7 Å². The van der Waals surface area contributed by atoms with Crippen molar-refractivity contribution < 1.29 is 4.79 Å². The van der Waals surface area contributed by atoms with Crippen molar-refractivity contribution in [1.82, 2.24) is 19.6 Å². The molecule has 0 bridgehead atoms. The molecule has 0 saturated carbocycles. The number of urea groups is 1. The fourth-order valence-electron chi connectivity index (χ4n) is 4.13. The molecule has 0 spiro atoms. The SMILES string of the molecule is CN1CCC(c2ccccc2)(N2CCN(C(=O)N(C)C)CC2)CC1. The minimum atomic E-state index is 0.126. The van der Waals surface area contributed by atoms with Crippen LogP contribution in [0.15, 0.2) is 30.3 Å². The van der Waals surface area contributed by atoms with Gasteiger partial charge in [0, 0.05) is 45.8 Å². The largest absolute Gasteiger partial charge is 0.331 e.